The summed E-state index contributed by atoms with van der Waals surface area (Å²) in [7, 11) is 0. The summed E-state index contributed by atoms with van der Waals surface area (Å²) in [5, 5.41) is 5.48. The number of benzene rings is 7. The number of para-hydroxylation sites is 1. The van der Waals surface area contributed by atoms with E-state index >= 15 is 0 Å². The number of hydrogen-bond donors (Lipinski definition) is 0. The number of hydrogen-bond acceptors (Lipinski definition) is 1. The fourth-order valence-electron chi connectivity index (χ4n) is 6.06. The van der Waals surface area contributed by atoms with Crippen LogP contribution in [0, 0.1) is 0 Å². The second kappa shape index (κ2) is 10.5. The van der Waals surface area contributed by atoms with E-state index < -0.39 is 0 Å². The van der Waals surface area contributed by atoms with E-state index in [2.05, 4.69) is 169 Å². The summed E-state index contributed by atoms with van der Waals surface area (Å²) in [6, 6.07) is 59.4. The SMILES string of the molecule is c1ccc(-c2ccc(N(c3ccccc3)c3cccc(-c4cc5ccccc5c5[se]c6ccccc6c45)c3)cc2)cc1. The maximum atomic E-state index is 2.40. The van der Waals surface area contributed by atoms with E-state index in [1.807, 2.05) is 0 Å². The average Bonchev–Trinajstić information content (AvgIpc) is 3.46. The maximum Gasteiger partial charge on any atom is -0.0544 e. The van der Waals surface area contributed by atoms with Gasteiger partial charge in [0.1, 0.15) is 0 Å². The number of fused-ring (bicyclic) bond motifs is 5. The van der Waals surface area contributed by atoms with E-state index in [-0.39, 0.29) is 14.5 Å². The minimum absolute atomic E-state index is 0.287. The topological polar surface area (TPSA) is 3.24 Å². The minimum atomic E-state index is 0.287. The van der Waals surface area contributed by atoms with E-state index in [1.165, 1.54) is 52.3 Å². The van der Waals surface area contributed by atoms with Crippen LogP contribution in [0.3, 0.4) is 0 Å². The van der Waals surface area contributed by atoms with Gasteiger partial charge in [0.05, 0.1) is 0 Å². The Morgan fingerprint density at radius 3 is 1.81 bits per heavy atom. The van der Waals surface area contributed by atoms with E-state index in [4.69, 9.17) is 0 Å². The molecule has 0 aliphatic rings. The molecule has 1 aromatic heterocycles. The second-order valence-electron chi connectivity index (χ2n) is 10.6. The molecule has 0 radical (unpaired) electrons. The number of anilines is 3. The van der Waals surface area contributed by atoms with E-state index in [1.54, 1.807) is 0 Å². The van der Waals surface area contributed by atoms with Crippen LogP contribution in [-0.2, 0) is 0 Å². The van der Waals surface area contributed by atoms with Crippen LogP contribution in [0.25, 0.3) is 52.3 Å². The predicted molar refractivity (Wildman–Crippen MR) is 181 cm³/mol. The summed E-state index contributed by atoms with van der Waals surface area (Å²) in [5.41, 5.74) is 8.41. The van der Waals surface area contributed by atoms with Gasteiger partial charge in [0.15, 0.2) is 0 Å². The maximum absolute atomic E-state index is 2.40. The number of rotatable bonds is 5. The minimum Gasteiger partial charge on any atom is -0.0617 e. The van der Waals surface area contributed by atoms with E-state index in [0.29, 0.717) is 0 Å². The molecule has 0 spiro atoms. The molecule has 0 saturated heterocycles. The molecule has 7 aromatic carbocycles. The molecule has 0 aliphatic carbocycles. The monoisotopic (exact) mass is 601 g/mol. The zero-order valence-electron chi connectivity index (χ0n) is 22.9. The summed E-state index contributed by atoms with van der Waals surface area (Å²) in [5.74, 6) is 0. The first-order valence-electron chi connectivity index (χ1n) is 14.3. The largest absolute Gasteiger partial charge is 0.0617 e. The Balaban J connectivity index is 1.31. The van der Waals surface area contributed by atoms with Gasteiger partial charge in [-0.3, -0.25) is 0 Å². The summed E-state index contributed by atoms with van der Waals surface area (Å²) in [6.07, 6.45) is 0. The molecular formula is C40H27NSe. The van der Waals surface area contributed by atoms with Gasteiger partial charge in [-0.15, -0.1) is 0 Å². The van der Waals surface area contributed by atoms with Crippen molar-refractivity contribution < 1.29 is 0 Å². The normalized spacial score (nSPS) is 11.3. The smallest absolute Gasteiger partial charge is 0.0544 e. The van der Waals surface area contributed by atoms with Crippen molar-refractivity contribution in [3.05, 3.63) is 164 Å². The van der Waals surface area contributed by atoms with Crippen LogP contribution in [0.15, 0.2) is 164 Å². The Bertz CT molecular complexity index is 2180. The van der Waals surface area contributed by atoms with Crippen molar-refractivity contribution in [3.63, 3.8) is 0 Å². The van der Waals surface area contributed by atoms with Crippen LogP contribution in [0.4, 0.5) is 17.1 Å². The summed E-state index contributed by atoms with van der Waals surface area (Å²) in [4.78, 5) is 2.36. The van der Waals surface area contributed by atoms with Crippen molar-refractivity contribution in [2.75, 3.05) is 4.90 Å². The molecule has 8 rings (SSSR count). The quantitative estimate of drug-likeness (QED) is 0.178. The molecule has 2 heteroatoms. The van der Waals surface area contributed by atoms with Crippen molar-refractivity contribution in [1.82, 2.24) is 0 Å². The van der Waals surface area contributed by atoms with Crippen LogP contribution < -0.4 is 4.90 Å². The van der Waals surface area contributed by atoms with Crippen molar-refractivity contribution in [2.45, 2.75) is 0 Å². The van der Waals surface area contributed by atoms with Gasteiger partial charge in [0.25, 0.3) is 0 Å². The van der Waals surface area contributed by atoms with Crippen LogP contribution in [0.5, 0.6) is 0 Å². The molecule has 1 heterocycles. The van der Waals surface area contributed by atoms with Gasteiger partial charge in [0, 0.05) is 0 Å². The van der Waals surface area contributed by atoms with Gasteiger partial charge in [-0.2, -0.15) is 0 Å². The molecule has 0 aliphatic heterocycles. The van der Waals surface area contributed by atoms with Crippen LogP contribution in [0.2, 0.25) is 0 Å². The Labute approximate surface area is 251 Å². The third kappa shape index (κ3) is 4.33. The number of nitrogens with zero attached hydrogens (tertiary/aromatic N) is 1. The standard InChI is InChI=1S/C40H27NSe/c1-3-12-28(13-4-1)29-22-24-33(25-23-29)41(32-16-5-2-6-17-32)34-18-11-15-30(26-34)37-27-31-14-7-8-19-35(31)40-39(37)36-20-9-10-21-38(36)42-40/h1-27H. The summed E-state index contributed by atoms with van der Waals surface area (Å²) >= 11 is 0.287. The zero-order chi connectivity index (χ0) is 27.9. The third-order valence-corrected chi connectivity index (χ3v) is 10.6. The molecule has 42 heavy (non-hydrogen) atoms. The molecule has 0 atom stereocenters. The van der Waals surface area contributed by atoms with Crippen molar-refractivity contribution >= 4 is 61.6 Å². The third-order valence-electron chi connectivity index (χ3n) is 8.03. The van der Waals surface area contributed by atoms with Crippen LogP contribution in [-0.4, -0.2) is 14.5 Å². The van der Waals surface area contributed by atoms with Gasteiger partial charge in [-0.25, -0.2) is 0 Å². The van der Waals surface area contributed by atoms with E-state index in [9.17, 15) is 0 Å². The first-order chi connectivity index (χ1) is 20.8. The fourth-order valence-corrected chi connectivity index (χ4v) is 8.71. The second-order valence-corrected chi connectivity index (χ2v) is 12.8. The first-order valence-corrected chi connectivity index (χ1v) is 16.0. The molecule has 0 bridgehead atoms. The van der Waals surface area contributed by atoms with Gasteiger partial charge in [-0.1, -0.05) is 30.3 Å². The summed E-state index contributed by atoms with van der Waals surface area (Å²) in [6.45, 7) is 0. The van der Waals surface area contributed by atoms with Crippen LogP contribution in [0.1, 0.15) is 0 Å². The van der Waals surface area contributed by atoms with Crippen LogP contribution >= 0.6 is 0 Å². The van der Waals surface area contributed by atoms with Gasteiger partial charge >= 0.3 is 222 Å². The van der Waals surface area contributed by atoms with E-state index in [0.717, 1.165) is 17.1 Å². The van der Waals surface area contributed by atoms with Crippen molar-refractivity contribution in [2.24, 2.45) is 0 Å². The summed E-state index contributed by atoms with van der Waals surface area (Å²) < 4.78 is 2.97. The molecule has 8 aromatic rings. The van der Waals surface area contributed by atoms with Gasteiger partial charge in [-0.05, 0) is 0 Å². The van der Waals surface area contributed by atoms with Crippen molar-refractivity contribution in [3.8, 4) is 22.3 Å². The Kier molecular flexibility index (Phi) is 6.22. The van der Waals surface area contributed by atoms with Gasteiger partial charge in [0.2, 0.25) is 0 Å². The molecule has 0 saturated carbocycles. The zero-order valence-corrected chi connectivity index (χ0v) is 24.7. The molecule has 0 N–H and O–H groups in total. The molecule has 0 unspecified atom stereocenters. The first kappa shape index (κ1) is 24.9. The Hall–Kier alpha value is -4.88. The average molecular weight is 601 g/mol. The van der Waals surface area contributed by atoms with Gasteiger partial charge < -0.3 is 0 Å². The molecule has 1 nitrogen and oxygen atoms in total. The fraction of sp³-hybridized carbons (Fsp3) is 0. The molecule has 0 amide bonds. The molecular weight excluding hydrogens is 573 g/mol. The molecule has 0 fully saturated rings. The molecule has 198 valence electrons. The van der Waals surface area contributed by atoms with Crippen molar-refractivity contribution in [1.29, 1.82) is 0 Å². The predicted octanol–water partition coefficient (Wildman–Crippen LogP) is 11.0. The Morgan fingerprint density at radius 2 is 1.00 bits per heavy atom. The Morgan fingerprint density at radius 1 is 0.405 bits per heavy atom.